The smallest absolute Gasteiger partial charge is 0.228 e. The molecule has 0 bridgehead atoms. The zero-order chi connectivity index (χ0) is 24.0. The maximum atomic E-state index is 13.3. The fourth-order valence-corrected chi connectivity index (χ4v) is 5.36. The SMILES string of the molecule is COc1ccc(N2CCN(C(=O)Cc3ccc[nH]3)[C@@H](Cc3ccccc3)C2)cc1OC1CCCC1. The first-order valence-corrected chi connectivity index (χ1v) is 12.7. The predicted molar refractivity (Wildman–Crippen MR) is 138 cm³/mol. The monoisotopic (exact) mass is 473 g/mol. The summed E-state index contributed by atoms with van der Waals surface area (Å²) in [5.41, 5.74) is 3.32. The third kappa shape index (κ3) is 5.64. The standard InChI is InChI=1S/C29H35N3O3/c1-34-27-14-13-24(20-28(27)35-26-11-5-6-12-26)31-16-17-32(29(33)19-23-10-7-15-30-23)25(21-31)18-22-8-3-2-4-9-22/h2-4,7-10,13-15,20,25-26,30H,5-6,11-12,16-19,21H2,1H3/t25-/m0/s1. The van der Waals surface area contributed by atoms with E-state index >= 15 is 0 Å². The molecule has 5 rings (SSSR count). The number of nitrogens with one attached hydrogen (secondary N) is 1. The van der Waals surface area contributed by atoms with Crippen LogP contribution in [0.3, 0.4) is 0 Å². The highest BCUT2D eigenvalue weighted by atomic mass is 16.5. The van der Waals surface area contributed by atoms with Gasteiger partial charge in [0.05, 0.1) is 25.7 Å². The Labute approximate surface area is 207 Å². The fraction of sp³-hybridized carbons (Fsp3) is 0.414. The third-order valence-corrected chi connectivity index (χ3v) is 7.23. The topological polar surface area (TPSA) is 57.8 Å². The van der Waals surface area contributed by atoms with E-state index in [1.54, 1.807) is 7.11 Å². The Morgan fingerprint density at radius 2 is 1.83 bits per heavy atom. The van der Waals surface area contributed by atoms with E-state index in [4.69, 9.17) is 9.47 Å². The molecule has 6 nitrogen and oxygen atoms in total. The lowest BCUT2D eigenvalue weighted by Crippen LogP contribution is -2.56. The Hall–Kier alpha value is -3.41. The van der Waals surface area contributed by atoms with Gasteiger partial charge >= 0.3 is 0 Å². The number of carbonyl (C=O) groups excluding carboxylic acids is 1. The van der Waals surface area contributed by atoms with Gasteiger partial charge < -0.3 is 24.3 Å². The normalized spacial score (nSPS) is 18.6. The van der Waals surface area contributed by atoms with Gasteiger partial charge in [-0.15, -0.1) is 0 Å². The molecule has 2 heterocycles. The quantitative estimate of drug-likeness (QED) is 0.508. The van der Waals surface area contributed by atoms with E-state index in [1.165, 1.54) is 18.4 Å². The van der Waals surface area contributed by atoms with E-state index in [0.29, 0.717) is 13.0 Å². The molecule has 1 saturated heterocycles. The van der Waals surface area contributed by atoms with Crippen LogP contribution in [0.2, 0.25) is 0 Å². The molecule has 2 aromatic carbocycles. The lowest BCUT2D eigenvalue weighted by molar-refractivity contribution is -0.133. The number of ether oxygens (including phenoxy) is 2. The number of H-pyrrole nitrogens is 1. The van der Waals surface area contributed by atoms with Gasteiger partial charge in [0.15, 0.2) is 11.5 Å². The maximum absolute atomic E-state index is 13.3. The van der Waals surface area contributed by atoms with Gasteiger partial charge in [-0.2, -0.15) is 0 Å². The summed E-state index contributed by atoms with van der Waals surface area (Å²) in [6.07, 6.45) is 8.04. The van der Waals surface area contributed by atoms with Crippen molar-refractivity contribution in [3.63, 3.8) is 0 Å². The van der Waals surface area contributed by atoms with Gasteiger partial charge in [0, 0.05) is 43.3 Å². The van der Waals surface area contributed by atoms with Crippen molar-refractivity contribution < 1.29 is 14.3 Å². The Kier molecular flexibility index (Phi) is 7.26. The van der Waals surface area contributed by atoms with Crippen molar-refractivity contribution in [2.45, 2.75) is 50.7 Å². The summed E-state index contributed by atoms with van der Waals surface area (Å²) in [6, 6.07) is 20.7. The van der Waals surface area contributed by atoms with Crippen LogP contribution < -0.4 is 14.4 Å². The maximum Gasteiger partial charge on any atom is 0.228 e. The minimum absolute atomic E-state index is 0.0925. The van der Waals surface area contributed by atoms with Crippen molar-refractivity contribution >= 4 is 11.6 Å². The second-order valence-electron chi connectivity index (χ2n) is 9.61. The second kappa shape index (κ2) is 10.9. The molecule has 1 amide bonds. The molecule has 6 heteroatoms. The number of rotatable bonds is 8. The molecule has 1 atom stereocenters. The predicted octanol–water partition coefficient (Wildman–Crippen LogP) is 4.85. The van der Waals surface area contributed by atoms with E-state index in [-0.39, 0.29) is 18.1 Å². The number of anilines is 1. The first kappa shape index (κ1) is 23.3. The number of hydrogen-bond acceptors (Lipinski definition) is 4. The van der Waals surface area contributed by atoms with Gasteiger partial charge in [0.25, 0.3) is 0 Å². The van der Waals surface area contributed by atoms with Gasteiger partial charge in [-0.05, 0) is 61.9 Å². The van der Waals surface area contributed by atoms with Crippen LogP contribution >= 0.6 is 0 Å². The highest BCUT2D eigenvalue weighted by Crippen LogP contribution is 2.36. The van der Waals surface area contributed by atoms with E-state index in [1.807, 2.05) is 30.5 Å². The second-order valence-corrected chi connectivity index (χ2v) is 9.61. The number of aromatic nitrogens is 1. The molecule has 3 aromatic rings. The Bertz CT molecular complexity index is 1090. The highest BCUT2D eigenvalue weighted by Gasteiger charge is 2.31. The van der Waals surface area contributed by atoms with E-state index in [9.17, 15) is 4.79 Å². The van der Waals surface area contributed by atoms with Crippen molar-refractivity contribution in [3.8, 4) is 11.5 Å². The van der Waals surface area contributed by atoms with Crippen LogP contribution in [0.4, 0.5) is 5.69 Å². The molecule has 0 radical (unpaired) electrons. The molecular formula is C29H35N3O3. The molecule has 1 aromatic heterocycles. The molecule has 2 fully saturated rings. The number of amides is 1. The van der Waals surface area contributed by atoms with Crippen LogP contribution in [0.1, 0.15) is 36.9 Å². The average molecular weight is 474 g/mol. The van der Waals surface area contributed by atoms with E-state index < -0.39 is 0 Å². The fourth-order valence-electron chi connectivity index (χ4n) is 5.36. The number of benzene rings is 2. The van der Waals surface area contributed by atoms with Crippen LogP contribution in [0.25, 0.3) is 0 Å². The van der Waals surface area contributed by atoms with Gasteiger partial charge in [0.2, 0.25) is 5.91 Å². The first-order chi connectivity index (χ1) is 17.2. The molecular weight excluding hydrogens is 438 g/mol. The summed E-state index contributed by atoms with van der Waals surface area (Å²) in [5, 5.41) is 0. The molecule has 1 aliphatic heterocycles. The lowest BCUT2D eigenvalue weighted by atomic mass is 10.0. The summed E-state index contributed by atoms with van der Waals surface area (Å²) in [4.78, 5) is 20.9. The summed E-state index contributed by atoms with van der Waals surface area (Å²) >= 11 is 0. The molecule has 0 spiro atoms. The van der Waals surface area contributed by atoms with Crippen molar-refractivity contribution in [3.05, 3.63) is 78.1 Å². The molecule has 1 aliphatic carbocycles. The van der Waals surface area contributed by atoms with Crippen molar-refractivity contribution in [1.29, 1.82) is 0 Å². The molecule has 1 saturated carbocycles. The van der Waals surface area contributed by atoms with E-state index in [0.717, 1.165) is 55.2 Å². The summed E-state index contributed by atoms with van der Waals surface area (Å²) in [7, 11) is 1.70. The Balaban J connectivity index is 1.35. The summed E-state index contributed by atoms with van der Waals surface area (Å²) < 4.78 is 11.9. The number of hydrogen-bond donors (Lipinski definition) is 1. The Morgan fingerprint density at radius 1 is 1.00 bits per heavy atom. The zero-order valence-corrected chi connectivity index (χ0v) is 20.5. The van der Waals surface area contributed by atoms with Crippen molar-refractivity contribution in [2.75, 3.05) is 31.6 Å². The summed E-state index contributed by atoms with van der Waals surface area (Å²) in [5.74, 6) is 1.77. The van der Waals surface area contributed by atoms with Gasteiger partial charge in [-0.3, -0.25) is 4.79 Å². The minimum Gasteiger partial charge on any atom is -0.493 e. The minimum atomic E-state index is 0.0925. The van der Waals surface area contributed by atoms with Crippen LogP contribution in [-0.4, -0.2) is 54.7 Å². The molecule has 1 N–H and O–H groups in total. The van der Waals surface area contributed by atoms with Gasteiger partial charge in [-0.1, -0.05) is 30.3 Å². The van der Waals surface area contributed by atoms with Crippen LogP contribution in [0, 0.1) is 0 Å². The van der Waals surface area contributed by atoms with E-state index in [2.05, 4.69) is 51.2 Å². The number of carbonyl (C=O) groups is 1. The lowest BCUT2D eigenvalue weighted by Gasteiger charge is -2.43. The number of piperazine rings is 1. The zero-order valence-electron chi connectivity index (χ0n) is 20.5. The molecule has 184 valence electrons. The van der Waals surface area contributed by atoms with Gasteiger partial charge in [-0.25, -0.2) is 0 Å². The number of nitrogens with zero attached hydrogens (tertiary/aromatic N) is 2. The number of aromatic amines is 1. The van der Waals surface area contributed by atoms with Crippen LogP contribution in [0.15, 0.2) is 66.9 Å². The van der Waals surface area contributed by atoms with Crippen molar-refractivity contribution in [2.24, 2.45) is 0 Å². The Morgan fingerprint density at radius 3 is 2.57 bits per heavy atom. The van der Waals surface area contributed by atoms with Crippen LogP contribution in [-0.2, 0) is 17.6 Å². The largest absolute Gasteiger partial charge is 0.493 e. The number of methoxy groups -OCH3 is 1. The highest BCUT2D eigenvalue weighted by molar-refractivity contribution is 5.79. The molecule has 2 aliphatic rings. The third-order valence-electron chi connectivity index (χ3n) is 7.23. The van der Waals surface area contributed by atoms with Crippen LogP contribution in [0.5, 0.6) is 11.5 Å². The first-order valence-electron chi connectivity index (χ1n) is 12.7. The molecule has 0 unspecified atom stereocenters. The van der Waals surface area contributed by atoms with Crippen molar-refractivity contribution in [1.82, 2.24) is 9.88 Å². The molecule has 35 heavy (non-hydrogen) atoms. The van der Waals surface area contributed by atoms with Gasteiger partial charge in [0.1, 0.15) is 0 Å². The average Bonchev–Trinajstić information content (AvgIpc) is 3.59. The summed E-state index contributed by atoms with van der Waals surface area (Å²) in [6.45, 7) is 2.26.